The standard InChI is InChI=1S/C29H39N3O6S2/c1-20(2)21-12-14-32(15-13-21)26-17-23(39(34,35)29(6)18-38-19-29)10-11-25(26)27(33)30-22-8-7-9-24(16-22)40(36,37)31-28(3,4)5/h7-11,16-17,31H,12-15,18-19H2,1-6H3,(H,30,33). The van der Waals surface area contributed by atoms with Crippen LogP contribution in [-0.2, 0) is 24.6 Å². The minimum Gasteiger partial charge on any atom is -0.378 e. The maximum Gasteiger partial charge on any atom is 0.257 e. The van der Waals surface area contributed by atoms with Crippen molar-refractivity contribution in [2.45, 2.75) is 74.5 Å². The van der Waals surface area contributed by atoms with Gasteiger partial charge in [-0.3, -0.25) is 4.79 Å². The van der Waals surface area contributed by atoms with E-state index in [0.717, 1.165) is 12.8 Å². The number of allylic oxidation sites excluding steroid dienone is 1. The Morgan fingerprint density at radius 3 is 2.15 bits per heavy atom. The number of benzene rings is 2. The number of ether oxygens (including phenoxy) is 1. The minimum absolute atomic E-state index is 0.0307. The van der Waals surface area contributed by atoms with Crippen molar-refractivity contribution in [3.63, 3.8) is 0 Å². The molecule has 2 fully saturated rings. The summed E-state index contributed by atoms with van der Waals surface area (Å²) >= 11 is 0. The van der Waals surface area contributed by atoms with Crippen LogP contribution in [-0.4, -0.2) is 59.3 Å². The Morgan fingerprint density at radius 2 is 1.60 bits per heavy atom. The molecule has 218 valence electrons. The Morgan fingerprint density at radius 1 is 0.950 bits per heavy atom. The van der Waals surface area contributed by atoms with Crippen LogP contribution in [0.3, 0.4) is 0 Å². The molecule has 2 heterocycles. The zero-order valence-electron chi connectivity index (χ0n) is 24.0. The summed E-state index contributed by atoms with van der Waals surface area (Å²) in [5.74, 6) is -0.455. The number of hydrogen-bond donors (Lipinski definition) is 2. The molecule has 9 nitrogen and oxygen atoms in total. The number of sulfonamides is 1. The third kappa shape index (κ3) is 6.27. The van der Waals surface area contributed by atoms with Crippen LogP contribution in [0.4, 0.5) is 11.4 Å². The average molecular weight is 590 g/mol. The van der Waals surface area contributed by atoms with E-state index < -0.39 is 36.1 Å². The summed E-state index contributed by atoms with van der Waals surface area (Å²) in [7, 11) is -7.49. The van der Waals surface area contributed by atoms with Gasteiger partial charge in [-0.1, -0.05) is 17.2 Å². The van der Waals surface area contributed by atoms with Crippen LogP contribution in [0.15, 0.2) is 63.4 Å². The molecule has 2 N–H and O–H groups in total. The van der Waals surface area contributed by atoms with Crippen molar-refractivity contribution in [1.29, 1.82) is 0 Å². The molecule has 2 aromatic carbocycles. The van der Waals surface area contributed by atoms with Gasteiger partial charge in [0.25, 0.3) is 5.91 Å². The van der Waals surface area contributed by atoms with Crippen LogP contribution in [0.5, 0.6) is 0 Å². The minimum atomic E-state index is -3.80. The lowest BCUT2D eigenvalue weighted by Gasteiger charge is -2.37. The highest BCUT2D eigenvalue weighted by molar-refractivity contribution is 7.93. The van der Waals surface area contributed by atoms with Crippen molar-refractivity contribution in [3.05, 3.63) is 59.2 Å². The van der Waals surface area contributed by atoms with Gasteiger partial charge in [-0.05, 0) is 90.8 Å². The fourth-order valence-electron chi connectivity index (χ4n) is 4.88. The highest BCUT2D eigenvalue weighted by Crippen LogP contribution is 2.36. The first-order chi connectivity index (χ1) is 18.5. The van der Waals surface area contributed by atoms with Gasteiger partial charge in [0.15, 0.2) is 9.84 Å². The smallest absolute Gasteiger partial charge is 0.257 e. The molecule has 0 radical (unpaired) electrons. The zero-order chi connectivity index (χ0) is 29.5. The van der Waals surface area contributed by atoms with Gasteiger partial charge in [-0.25, -0.2) is 21.6 Å². The van der Waals surface area contributed by atoms with E-state index >= 15 is 0 Å². The van der Waals surface area contributed by atoms with Gasteiger partial charge in [0.05, 0.1) is 34.3 Å². The Balaban J connectivity index is 1.68. The Kier molecular flexibility index (Phi) is 8.26. The van der Waals surface area contributed by atoms with Crippen LogP contribution < -0.4 is 14.9 Å². The number of anilines is 2. The van der Waals surface area contributed by atoms with Gasteiger partial charge in [0.2, 0.25) is 10.0 Å². The van der Waals surface area contributed by atoms with Gasteiger partial charge in [-0.15, -0.1) is 0 Å². The van der Waals surface area contributed by atoms with E-state index in [-0.39, 0.29) is 23.0 Å². The number of hydrogen-bond acceptors (Lipinski definition) is 7. The van der Waals surface area contributed by atoms with Crippen LogP contribution in [0, 0.1) is 0 Å². The fourth-order valence-corrected chi connectivity index (χ4v) is 7.90. The molecule has 1 amide bonds. The van der Waals surface area contributed by atoms with Crippen molar-refractivity contribution in [2.24, 2.45) is 0 Å². The maximum absolute atomic E-state index is 13.6. The number of carbonyl (C=O) groups is 1. The number of nitrogens with one attached hydrogen (secondary N) is 2. The van der Waals surface area contributed by atoms with Crippen molar-refractivity contribution in [3.8, 4) is 0 Å². The van der Waals surface area contributed by atoms with Crippen LogP contribution in [0.25, 0.3) is 0 Å². The van der Waals surface area contributed by atoms with E-state index in [1.54, 1.807) is 52.0 Å². The Hall–Kier alpha value is -2.73. The molecule has 0 aromatic heterocycles. The molecule has 2 aromatic rings. The lowest BCUT2D eigenvalue weighted by Crippen LogP contribution is -2.53. The van der Waals surface area contributed by atoms with Gasteiger partial charge in [-0.2, -0.15) is 0 Å². The van der Waals surface area contributed by atoms with E-state index in [0.29, 0.717) is 30.0 Å². The van der Waals surface area contributed by atoms with E-state index in [1.165, 1.54) is 29.3 Å². The molecule has 2 aliphatic rings. The molecule has 0 bridgehead atoms. The summed E-state index contributed by atoms with van der Waals surface area (Å²) < 4.78 is 59.4. The number of piperidine rings is 1. The summed E-state index contributed by atoms with van der Waals surface area (Å²) in [4.78, 5) is 15.8. The van der Waals surface area contributed by atoms with Gasteiger partial charge in [0.1, 0.15) is 4.75 Å². The first-order valence-electron chi connectivity index (χ1n) is 13.3. The first-order valence-corrected chi connectivity index (χ1v) is 16.3. The molecule has 11 heteroatoms. The summed E-state index contributed by atoms with van der Waals surface area (Å²) in [6.07, 6.45) is 1.65. The number of amides is 1. The molecule has 2 saturated heterocycles. The molecule has 2 aliphatic heterocycles. The van der Waals surface area contributed by atoms with Crippen LogP contribution in [0.1, 0.15) is 64.7 Å². The molecule has 0 aliphatic carbocycles. The van der Waals surface area contributed by atoms with Crippen LogP contribution in [0.2, 0.25) is 0 Å². The Bertz CT molecular complexity index is 1540. The molecule has 0 saturated carbocycles. The molecule has 0 atom stereocenters. The number of nitrogens with zero attached hydrogens (tertiary/aromatic N) is 1. The Labute approximate surface area is 238 Å². The molecule has 0 unspecified atom stereocenters. The van der Waals surface area contributed by atoms with E-state index in [4.69, 9.17) is 4.74 Å². The highest BCUT2D eigenvalue weighted by Gasteiger charge is 2.47. The zero-order valence-corrected chi connectivity index (χ0v) is 25.6. The lowest BCUT2D eigenvalue weighted by molar-refractivity contribution is -0.00490. The van der Waals surface area contributed by atoms with Crippen molar-refractivity contribution < 1.29 is 26.4 Å². The van der Waals surface area contributed by atoms with Gasteiger partial charge >= 0.3 is 0 Å². The van der Waals surface area contributed by atoms with Crippen LogP contribution >= 0.6 is 0 Å². The molecule has 4 rings (SSSR count). The molecular formula is C29H39N3O6S2. The van der Waals surface area contributed by atoms with Gasteiger partial charge in [0, 0.05) is 24.3 Å². The van der Waals surface area contributed by atoms with E-state index in [2.05, 4.69) is 23.9 Å². The quantitative estimate of drug-likeness (QED) is 0.456. The second-order valence-electron chi connectivity index (χ2n) is 12.1. The normalized spacial score (nSPS) is 17.8. The number of sulfone groups is 1. The maximum atomic E-state index is 13.6. The van der Waals surface area contributed by atoms with Crippen molar-refractivity contribution in [2.75, 3.05) is 36.5 Å². The summed E-state index contributed by atoms with van der Waals surface area (Å²) in [5.41, 5.74) is 3.14. The first kappa shape index (κ1) is 30.2. The monoisotopic (exact) mass is 589 g/mol. The summed E-state index contributed by atoms with van der Waals surface area (Å²) in [6, 6.07) is 10.7. The summed E-state index contributed by atoms with van der Waals surface area (Å²) in [6.45, 7) is 12.7. The predicted octanol–water partition coefficient (Wildman–Crippen LogP) is 4.51. The second kappa shape index (κ2) is 10.9. The average Bonchev–Trinajstić information content (AvgIpc) is 2.85. The molecular weight excluding hydrogens is 550 g/mol. The predicted molar refractivity (Wildman–Crippen MR) is 157 cm³/mol. The number of rotatable bonds is 7. The van der Waals surface area contributed by atoms with Crippen molar-refractivity contribution >= 4 is 37.1 Å². The largest absolute Gasteiger partial charge is 0.378 e. The topological polar surface area (TPSA) is 122 Å². The third-order valence-corrected chi connectivity index (χ3v) is 11.4. The van der Waals surface area contributed by atoms with E-state index in [1.807, 2.05) is 4.90 Å². The third-order valence-electron chi connectivity index (χ3n) is 7.25. The van der Waals surface area contributed by atoms with E-state index in [9.17, 15) is 21.6 Å². The van der Waals surface area contributed by atoms with Crippen molar-refractivity contribution in [1.82, 2.24) is 4.72 Å². The summed E-state index contributed by atoms with van der Waals surface area (Å²) in [5, 5.41) is 2.81. The second-order valence-corrected chi connectivity index (χ2v) is 16.2. The number of carbonyl (C=O) groups excluding carboxylic acids is 1. The molecule has 0 spiro atoms. The fraction of sp³-hybridized carbons (Fsp3) is 0.483. The molecule has 40 heavy (non-hydrogen) atoms. The highest BCUT2D eigenvalue weighted by atomic mass is 32.2. The SMILES string of the molecule is CC(C)=C1CCN(c2cc(S(=O)(=O)C3(C)COC3)ccc2C(=O)Nc2cccc(S(=O)(=O)NC(C)(C)C)c2)CC1. The van der Waals surface area contributed by atoms with Gasteiger partial charge < -0.3 is 15.0 Å². The lowest BCUT2D eigenvalue weighted by atomic mass is 9.98.